The van der Waals surface area contributed by atoms with Gasteiger partial charge in [-0.3, -0.25) is 9.59 Å². The lowest BCUT2D eigenvalue weighted by molar-refractivity contribution is -0.131. The van der Waals surface area contributed by atoms with Crippen LogP contribution in [0.15, 0.2) is 72.8 Å². The Labute approximate surface area is 186 Å². The largest absolute Gasteiger partial charge is 0.445 e. The minimum absolute atomic E-state index is 0.0366. The van der Waals surface area contributed by atoms with Crippen LogP contribution >= 0.6 is 0 Å². The number of hydrogen-bond donors (Lipinski definition) is 1. The molecule has 0 bridgehead atoms. The molecule has 0 unspecified atom stereocenters. The van der Waals surface area contributed by atoms with E-state index in [9.17, 15) is 14.4 Å². The van der Waals surface area contributed by atoms with Crippen molar-refractivity contribution in [1.29, 1.82) is 0 Å². The summed E-state index contributed by atoms with van der Waals surface area (Å²) in [5.74, 6) is -0.232. The number of nitrogens with one attached hydrogen (secondary N) is 1. The van der Waals surface area contributed by atoms with Crippen molar-refractivity contribution in [3.05, 3.63) is 83.9 Å². The predicted octanol–water partition coefficient (Wildman–Crippen LogP) is 3.05. The lowest BCUT2D eigenvalue weighted by Crippen LogP contribution is -2.52. The summed E-state index contributed by atoms with van der Waals surface area (Å²) >= 11 is 0. The molecule has 7 nitrogen and oxygen atoms in total. The summed E-state index contributed by atoms with van der Waals surface area (Å²) in [7, 11) is 0. The number of carbonyl (C=O) groups excluding carboxylic acids is 3. The van der Waals surface area contributed by atoms with Gasteiger partial charge in [-0.25, -0.2) is 4.79 Å². The summed E-state index contributed by atoms with van der Waals surface area (Å²) in [6.45, 7) is 1.78. The van der Waals surface area contributed by atoms with Crippen LogP contribution in [0.1, 0.15) is 15.9 Å². The number of rotatable bonds is 5. The predicted molar refractivity (Wildman–Crippen MR) is 121 cm³/mol. The molecule has 1 fully saturated rings. The fourth-order valence-corrected chi connectivity index (χ4v) is 3.70. The molecule has 1 aliphatic rings. The Morgan fingerprint density at radius 1 is 0.781 bits per heavy atom. The normalized spacial score (nSPS) is 13.6. The second-order valence-electron chi connectivity index (χ2n) is 7.65. The molecule has 3 amide bonds. The van der Waals surface area contributed by atoms with Crippen molar-refractivity contribution in [1.82, 2.24) is 15.1 Å². The fraction of sp³-hybridized carbons (Fsp3) is 0.240. The van der Waals surface area contributed by atoms with Crippen molar-refractivity contribution in [3.8, 4) is 0 Å². The summed E-state index contributed by atoms with van der Waals surface area (Å²) < 4.78 is 5.12. The average Bonchev–Trinajstić information content (AvgIpc) is 2.86. The van der Waals surface area contributed by atoms with Gasteiger partial charge >= 0.3 is 6.09 Å². The highest BCUT2D eigenvalue weighted by atomic mass is 16.5. The van der Waals surface area contributed by atoms with Crippen molar-refractivity contribution < 1.29 is 19.1 Å². The molecule has 4 rings (SSSR count). The Kier molecular flexibility index (Phi) is 6.65. The second-order valence-corrected chi connectivity index (χ2v) is 7.65. The van der Waals surface area contributed by atoms with Crippen LogP contribution < -0.4 is 5.32 Å². The Balaban J connectivity index is 1.22. The molecule has 0 saturated carbocycles. The van der Waals surface area contributed by atoms with Gasteiger partial charge in [-0.05, 0) is 28.5 Å². The first-order chi connectivity index (χ1) is 15.6. The van der Waals surface area contributed by atoms with E-state index < -0.39 is 6.09 Å². The van der Waals surface area contributed by atoms with E-state index in [2.05, 4.69) is 5.32 Å². The van der Waals surface area contributed by atoms with Crippen molar-refractivity contribution in [2.24, 2.45) is 0 Å². The van der Waals surface area contributed by atoms with E-state index in [0.717, 1.165) is 16.3 Å². The first kappa shape index (κ1) is 21.4. The van der Waals surface area contributed by atoms with Crippen LogP contribution in [0.25, 0.3) is 10.8 Å². The van der Waals surface area contributed by atoms with Gasteiger partial charge in [0.1, 0.15) is 13.2 Å². The number of carbonyl (C=O) groups is 3. The molecule has 1 aliphatic heterocycles. The maximum absolute atomic E-state index is 12.9. The SMILES string of the molecule is O=C(NCC(=O)N1CCN(C(=O)c2ccc3ccccc3c2)CC1)OCc1ccccc1. The molecular formula is C25H25N3O4. The molecule has 3 aromatic carbocycles. The van der Waals surface area contributed by atoms with Crippen LogP contribution in [-0.2, 0) is 16.1 Å². The van der Waals surface area contributed by atoms with Gasteiger partial charge in [0.05, 0.1) is 0 Å². The number of ether oxygens (including phenoxy) is 1. The highest BCUT2D eigenvalue weighted by Crippen LogP contribution is 2.17. The number of benzene rings is 3. The van der Waals surface area contributed by atoms with Crippen molar-refractivity contribution in [3.63, 3.8) is 0 Å². The van der Waals surface area contributed by atoms with Crippen molar-refractivity contribution in [2.75, 3.05) is 32.7 Å². The Hall–Kier alpha value is -3.87. The van der Waals surface area contributed by atoms with Gasteiger partial charge < -0.3 is 19.9 Å². The Bertz CT molecular complexity index is 1110. The smallest absolute Gasteiger partial charge is 0.407 e. The van der Waals surface area contributed by atoms with Gasteiger partial charge in [0.25, 0.3) is 5.91 Å². The van der Waals surface area contributed by atoms with E-state index in [-0.39, 0.29) is 25.0 Å². The third-order valence-electron chi connectivity index (χ3n) is 5.51. The van der Waals surface area contributed by atoms with E-state index >= 15 is 0 Å². The van der Waals surface area contributed by atoms with Crippen LogP contribution in [-0.4, -0.2) is 60.4 Å². The van der Waals surface area contributed by atoms with Gasteiger partial charge in [0.2, 0.25) is 5.91 Å². The summed E-state index contributed by atoms with van der Waals surface area (Å²) in [5, 5.41) is 4.61. The molecule has 1 N–H and O–H groups in total. The van der Waals surface area contributed by atoms with Crippen molar-refractivity contribution >= 4 is 28.7 Å². The van der Waals surface area contributed by atoms with Crippen LogP contribution in [0.4, 0.5) is 4.79 Å². The zero-order valence-electron chi connectivity index (χ0n) is 17.7. The fourth-order valence-electron chi connectivity index (χ4n) is 3.70. The monoisotopic (exact) mass is 431 g/mol. The van der Waals surface area contributed by atoms with Gasteiger partial charge in [-0.2, -0.15) is 0 Å². The Morgan fingerprint density at radius 3 is 2.19 bits per heavy atom. The second kappa shape index (κ2) is 9.96. The molecule has 0 radical (unpaired) electrons. The highest BCUT2D eigenvalue weighted by Gasteiger charge is 2.25. The van der Waals surface area contributed by atoms with E-state index in [1.165, 1.54) is 0 Å². The van der Waals surface area contributed by atoms with Crippen LogP contribution in [0, 0.1) is 0 Å². The lowest BCUT2D eigenvalue weighted by atomic mass is 10.1. The van der Waals surface area contributed by atoms with Gasteiger partial charge in [-0.15, -0.1) is 0 Å². The molecule has 32 heavy (non-hydrogen) atoms. The molecule has 0 spiro atoms. The maximum atomic E-state index is 12.9. The van der Waals surface area contributed by atoms with E-state index in [1.54, 1.807) is 9.80 Å². The highest BCUT2D eigenvalue weighted by molar-refractivity contribution is 5.98. The number of piperazine rings is 1. The first-order valence-electron chi connectivity index (χ1n) is 10.6. The molecule has 3 aromatic rings. The molecule has 0 aromatic heterocycles. The van der Waals surface area contributed by atoms with Gasteiger partial charge in [0, 0.05) is 31.7 Å². The van der Waals surface area contributed by atoms with E-state index in [1.807, 2.05) is 72.8 Å². The molecule has 1 saturated heterocycles. The molecule has 7 heteroatoms. The number of alkyl carbamates (subject to hydrolysis) is 1. The molecule has 1 heterocycles. The molecule has 0 aliphatic carbocycles. The quantitative estimate of drug-likeness (QED) is 0.674. The summed E-state index contributed by atoms with van der Waals surface area (Å²) in [6.07, 6.45) is -0.632. The zero-order valence-corrected chi connectivity index (χ0v) is 17.7. The third kappa shape index (κ3) is 5.24. The minimum Gasteiger partial charge on any atom is -0.445 e. The lowest BCUT2D eigenvalue weighted by Gasteiger charge is -2.34. The summed E-state index contributed by atoms with van der Waals surface area (Å²) in [6, 6.07) is 22.9. The number of amides is 3. The zero-order chi connectivity index (χ0) is 22.3. The Morgan fingerprint density at radius 2 is 1.44 bits per heavy atom. The van der Waals surface area contributed by atoms with Crippen LogP contribution in [0.5, 0.6) is 0 Å². The number of hydrogen-bond acceptors (Lipinski definition) is 4. The molecule has 164 valence electrons. The molecule has 0 atom stereocenters. The topological polar surface area (TPSA) is 79.0 Å². The standard InChI is InChI=1S/C25H25N3O4/c29-23(17-26-25(31)32-18-19-6-2-1-3-7-19)27-12-14-28(15-13-27)24(30)22-11-10-20-8-4-5-9-21(20)16-22/h1-11,16H,12-15,17-18H2,(H,26,31). The van der Waals surface area contributed by atoms with Gasteiger partial charge in [-0.1, -0.05) is 60.7 Å². The third-order valence-corrected chi connectivity index (χ3v) is 5.51. The van der Waals surface area contributed by atoms with Crippen molar-refractivity contribution in [2.45, 2.75) is 6.61 Å². The molecular weight excluding hydrogens is 406 g/mol. The number of nitrogens with zero attached hydrogens (tertiary/aromatic N) is 2. The van der Waals surface area contributed by atoms with Gasteiger partial charge in [0.15, 0.2) is 0 Å². The number of fused-ring (bicyclic) bond motifs is 1. The van der Waals surface area contributed by atoms with E-state index in [0.29, 0.717) is 31.7 Å². The maximum Gasteiger partial charge on any atom is 0.407 e. The average molecular weight is 431 g/mol. The van der Waals surface area contributed by atoms with E-state index in [4.69, 9.17) is 4.74 Å². The van der Waals surface area contributed by atoms with Crippen LogP contribution in [0.2, 0.25) is 0 Å². The summed E-state index contributed by atoms with van der Waals surface area (Å²) in [5.41, 5.74) is 1.52. The first-order valence-corrected chi connectivity index (χ1v) is 10.6. The van der Waals surface area contributed by atoms with Crippen LogP contribution in [0.3, 0.4) is 0 Å². The summed E-state index contributed by atoms with van der Waals surface area (Å²) in [4.78, 5) is 40.5. The minimum atomic E-state index is -0.632.